The van der Waals surface area contributed by atoms with Crippen molar-refractivity contribution in [1.82, 2.24) is 4.98 Å². The molecule has 4 rings (SSSR count). The van der Waals surface area contributed by atoms with Crippen LogP contribution in [-0.4, -0.2) is 17.5 Å². The van der Waals surface area contributed by atoms with E-state index < -0.39 is 0 Å². The first-order valence-electron chi connectivity index (χ1n) is 9.64. The van der Waals surface area contributed by atoms with Gasteiger partial charge in [-0.25, -0.2) is 4.98 Å². The fourth-order valence-corrected chi connectivity index (χ4v) is 4.06. The highest BCUT2D eigenvalue weighted by atomic mass is 32.1. The standard InChI is InChI=1S/C25H22N2O2S/c1-16(2)15-29-21-6-4-5-19(14-21)24(28)26-20-10-8-18(9-11-20)25-27-22-12-7-17(3)13-23(22)30-25/h4-14H,1,15H2,2-3H3,(H,26,28). The molecular formula is C25H22N2O2S. The van der Waals surface area contributed by atoms with Crippen molar-refractivity contribution in [3.8, 4) is 16.3 Å². The van der Waals surface area contributed by atoms with Crippen molar-refractivity contribution in [2.75, 3.05) is 11.9 Å². The number of fused-ring (bicyclic) bond motifs is 1. The molecular weight excluding hydrogens is 392 g/mol. The molecule has 0 aliphatic rings. The van der Waals surface area contributed by atoms with Crippen molar-refractivity contribution < 1.29 is 9.53 Å². The summed E-state index contributed by atoms with van der Waals surface area (Å²) in [6.45, 7) is 8.23. The third-order valence-electron chi connectivity index (χ3n) is 4.52. The normalized spacial score (nSPS) is 10.7. The molecule has 1 aromatic heterocycles. The van der Waals surface area contributed by atoms with Gasteiger partial charge in [0, 0.05) is 16.8 Å². The van der Waals surface area contributed by atoms with Crippen molar-refractivity contribution in [2.24, 2.45) is 0 Å². The van der Waals surface area contributed by atoms with Gasteiger partial charge in [0.2, 0.25) is 0 Å². The van der Waals surface area contributed by atoms with Crippen molar-refractivity contribution in [1.29, 1.82) is 0 Å². The van der Waals surface area contributed by atoms with Crippen molar-refractivity contribution in [3.63, 3.8) is 0 Å². The summed E-state index contributed by atoms with van der Waals surface area (Å²) in [5, 5.41) is 3.90. The molecule has 150 valence electrons. The van der Waals surface area contributed by atoms with Gasteiger partial charge in [-0.1, -0.05) is 18.7 Å². The number of aromatic nitrogens is 1. The SMILES string of the molecule is C=C(C)COc1cccc(C(=O)Nc2ccc(-c3nc4ccc(C)cc4s3)cc2)c1. The summed E-state index contributed by atoms with van der Waals surface area (Å²) in [6.07, 6.45) is 0. The molecule has 0 saturated carbocycles. The summed E-state index contributed by atoms with van der Waals surface area (Å²) in [5.74, 6) is 0.464. The van der Waals surface area contributed by atoms with Crippen LogP contribution >= 0.6 is 11.3 Å². The van der Waals surface area contributed by atoms with Crippen molar-refractivity contribution >= 4 is 33.1 Å². The zero-order valence-corrected chi connectivity index (χ0v) is 17.8. The number of thiazole rings is 1. The van der Waals surface area contributed by atoms with Crippen LogP contribution < -0.4 is 10.1 Å². The number of nitrogens with one attached hydrogen (secondary N) is 1. The Hall–Kier alpha value is -3.44. The first-order chi connectivity index (χ1) is 14.5. The van der Waals surface area contributed by atoms with Crippen LogP contribution in [-0.2, 0) is 0 Å². The molecule has 0 saturated heterocycles. The highest BCUT2D eigenvalue weighted by Crippen LogP contribution is 2.31. The number of ether oxygens (including phenoxy) is 1. The predicted octanol–water partition coefficient (Wildman–Crippen LogP) is 6.48. The molecule has 0 spiro atoms. The van der Waals surface area contributed by atoms with Crippen LogP contribution in [0.15, 0.2) is 78.9 Å². The van der Waals surface area contributed by atoms with E-state index in [-0.39, 0.29) is 5.91 Å². The van der Waals surface area contributed by atoms with E-state index in [0.29, 0.717) is 17.9 Å². The van der Waals surface area contributed by atoms with Gasteiger partial charge in [-0.3, -0.25) is 4.79 Å². The van der Waals surface area contributed by atoms with Crippen LogP contribution in [0.3, 0.4) is 0 Å². The van der Waals surface area contributed by atoms with Crippen LogP contribution in [0, 0.1) is 6.92 Å². The van der Waals surface area contributed by atoms with Crippen LogP contribution in [0.5, 0.6) is 5.75 Å². The number of hydrogen-bond donors (Lipinski definition) is 1. The van der Waals surface area contributed by atoms with E-state index in [1.807, 2.05) is 43.3 Å². The molecule has 3 aromatic carbocycles. The van der Waals surface area contributed by atoms with Crippen LogP contribution in [0.25, 0.3) is 20.8 Å². The lowest BCUT2D eigenvalue weighted by Gasteiger charge is -2.09. The van der Waals surface area contributed by atoms with Crippen molar-refractivity contribution in [3.05, 3.63) is 90.0 Å². The molecule has 0 bridgehead atoms. The molecule has 0 unspecified atom stereocenters. The van der Waals surface area contributed by atoms with Gasteiger partial charge in [0.15, 0.2) is 0 Å². The highest BCUT2D eigenvalue weighted by molar-refractivity contribution is 7.21. The average Bonchev–Trinajstić information content (AvgIpc) is 3.16. The van der Waals surface area contributed by atoms with Gasteiger partial charge in [0.05, 0.1) is 10.2 Å². The molecule has 0 aliphatic carbocycles. The Morgan fingerprint density at radius 1 is 1.10 bits per heavy atom. The molecule has 5 heteroatoms. The summed E-state index contributed by atoms with van der Waals surface area (Å²) < 4.78 is 6.80. The van der Waals surface area contributed by atoms with E-state index in [1.54, 1.807) is 29.5 Å². The molecule has 4 aromatic rings. The van der Waals surface area contributed by atoms with Crippen LogP contribution in [0.4, 0.5) is 5.69 Å². The Kier molecular flexibility index (Phi) is 5.63. The maximum absolute atomic E-state index is 12.6. The van der Waals surface area contributed by atoms with Gasteiger partial charge < -0.3 is 10.1 Å². The molecule has 0 radical (unpaired) electrons. The molecule has 1 N–H and O–H groups in total. The number of aryl methyl sites for hydroxylation is 1. The minimum atomic E-state index is -0.181. The summed E-state index contributed by atoms with van der Waals surface area (Å²) in [7, 11) is 0. The third kappa shape index (κ3) is 4.58. The summed E-state index contributed by atoms with van der Waals surface area (Å²) in [6, 6.07) is 21.2. The molecule has 0 atom stereocenters. The van der Waals surface area contributed by atoms with Gasteiger partial charge in [-0.05, 0) is 79.6 Å². The van der Waals surface area contributed by atoms with E-state index in [9.17, 15) is 4.79 Å². The lowest BCUT2D eigenvalue weighted by atomic mass is 10.1. The average molecular weight is 415 g/mol. The summed E-state index contributed by atoms with van der Waals surface area (Å²) in [4.78, 5) is 17.3. The van der Waals surface area contributed by atoms with E-state index in [2.05, 4.69) is 31.0 Å². The number of amides is 1. The fourth-order valence-electron chi connectivity index (χ4n) is 2.99. The van der Waals surface area contributed by atoms with Gasteiger partial charge in [0.25, 0.3) is 5.91 Å². The summed E-state index contributed by atoms with van der Waals surface area (Å²) >= 11 is 1.67. The number of benzene rings is 3. The number of hydrogen-bond acceptors (Lipinski definition) is 4. The minimum Gasteiger partial charge on any atom is -0.489 e. The second-order valence-corrected chi connectivity index (χ2v) is 8.33. The molecule has 30 heavy (non-hydrogen) atoms. The Bertz CT molecular complexity index is 1230. The van der Waals surface area contributed by atoms with Gasteiger partial charge in [0.1, 0.15) is 17.4 Å². The zero-order chi connectivity index (χ0) is 21.1. The molecule has 4 nitrogen and oxygen atoms in total. The Balaban J connectivity index is 1.47. The van der Waals surface area contributed by atoms with Gasteiger partial charge >= 0.3 is 0 Å². The first kappa shape index (κ1) is 19.9. The minimum absolute atomic E-state index is 0.181. The van der Waals surface area contributed by atoms with Crippen molar-refractivity contribution in [2.45, 2.75) is 13.8 Å². The van der Waals surface area contributed by atoms with E-state index in [0.717, 1.165) is 27.3 Å². The smallest absolute Gasteiger partial charge is 0.255 e. The predicted molar refractivity (Wildman–Crippen MR) is 124 cm³/mol. The second kappa shape index (κ2) is 8.51. The van der Waals surface area contributed by atoms with E-state index in [1.165, 1.54) is 10.3 Å². The maximum atomic E-state index is 12.6. The number of carbonyl (C=O) groups excluding carboxylic acids is 1. The largest absolute Gasteiger partial charge is 0.489 e. The fraction of sp³-hybridized carbons (Fsp3) is 0.120. The van der Waals surface area contributed by atoms with Gasteiger partial charge in [-0.15, -0.1) is 11.3 Å². The number of rotatable bonds is 6. The Morgan fingerprint density at radius 2 is 1.90 bits per heavy atom. The number of nitrogens with zero attached hydrogens (tertiary/aromatic N) is 1. The quantitative estimate of drug-likeness (QED) is 0.367. The summed E-state index contributed by atoms with van der Waals surface area (Å²) in [5.41, 5.74) is 5.46. The lowest BCUT2D eigenvalue weighted by Crippen LogP contribution is -2.12. The van der Waals surface area contributed by atoms with E-state index in [4.69, 9.17) is 9.72 Å². The molecule has 1 heterocycles. The number of anilines is 1. The Morgan fingerprint density at radius 3 is 2.67 bits per heavy atom. The molecule has 1 amide bonds. The highest BCUT2D eigenvalue weighted by Gasteiger charge is 2.10. The molecule has 0 aliphatic heterocycles. The Labute approximate surface area is 179 Å². The topological polar surface area (TPSA) is 51.2 Å². The van der Waals surface area contributed by atoms with Crippen LogP contribution in [0.1, 0.15) is 22.8 Å². The maximum Gasteiger partial charge on any atom is 0.255 e. The van der Waals surface area contributed by atoms with Crippen LogP contribution in [0.2, 0.25) is 0 Å². The zero-order valence-electron chi connectivity index (χ0n) is 16.9. The van der Waals surface area contributed by atoms with Gasteiger partial charge in [-0.2, -0.15) is 0 Å². The lowest BCUT2D eigenvalue weighted by molar-refractivity contribution is 0.102. The third-order valence-corrected chi connectivity index (χ3v) is 5.58. The monoisotopic (exact) mass is 414 g/mol. The number of carbonyl (C=O) groups is 1. The first-order valence-corrected chi connectivity index (χ1v) is 10.5. The van der Waals surface area contributed by atoms with E-state index >= 15 is 0 Å². The molecule has 0 fully saturated rings. The second-order valence-electron chi connectivity index (χ2n) is 7.30.